The summed E-state index contributed by atoms with van der Waals surface area (Å²) in [6.45, 7) is 0. The van der Waals surface area contributed by atoms with Crippen LogP contribution in [0.3, 0.4) is 0 Å². The lowest BCUT2D eigenvalue weighted by Crippen LogP contribution is -2.10. The van der Waals surface area contributed by atoms with E-state index in [1.165, 1.54) is 30.3 Å². The van der Waals surface area contributed by atoms with Crippen molar-refractivity contribution in [1.29, 1.82) is 0 Å². The molecule has 0 fully saturated rings. The Labute approximate surface area is 140 Å². The van der Waals surface area contributed by atoms with Crippen molar-refractivity contribution in [3.8, 4) is 11.1 Å². The van der Waals surface area contributed by atoms with E-state index in [0.29, 0.717) is 10.6 Å². The fourth-order valence-electron chi connectivity index (χ4n) is 2.98. The SMILES string of the molecule is O=C(O)c1cc(=O)c2c3c(ccc2[nH]1)S(=O)(=O)c1ccc(Cl)cc1-3. The lowest BCUT2D eigenvalue weighted by atomic mass is 10.00. The molecule has 0 unspecified atom stereocenters. The Bertz CT molecular complexity index is 1230. The van der Waals surface area contributed by atoms with E-state index in [4.69, 9.17) is 16.7 Å². The normalized spacial score (nSPS) is 14.4. The second-order valence-electron chi connectivity index (χ2n) is 5.36. The number of carboxylic acid groups (broad SMARTS) is 1. The molecule has 1 aromatic heterocycles. The molecule has 2 N–H and O–H groups in total. The van der Waals surface area contributed by atoms with Crippen LogP contribution in [0, 0.1) is 0 Å². The van der Waals surface area contributed by atoms with Crippen LogP contribution in [-0.4, -0.2) is 24.5 Å². The van der Waals surface area contributed by atoms with Crippen LogP contribution in [0.2, 0.25) is 5.02 Å². The Morgan fingerprint density at radius 3 is 2.50 bits per heavy atom. The van der Waals surface area contributed by atoms with E-state index in [9.17, 15) is 18.0 Å². The van der Waals surface area contributed by atoms with Crippen LogP contribution in [0.15, 0.2) is 51.0 Å². The Morgan fingerprint density at radius 2 is 1.79 bits per heavy atom. The minimum Gasteiger partial charge on any atom is -0.477 e. The molecule has 24 heavy (non-hydrogen) atoms. The van der Waals surface area contributed by atoms with Crippen LogP contribution >= 0.6 is 11.6 Å². The second kappa shape index (κ2) is 4.68. The van der Waals surface area contributed by atoms with Crippen molar-refractivity contribution < 1.29 is 18.3 Å². The number of nitrogens with one attached hydrogen (secondary N) is 1. The molecular formula is C16H8ClNO5S. The first-order chi connectivity index (χ1) is 11.3. The Kier molecular flexibility index (Phi) is 2.91. The first-order valence-corrected chi connectivity index (χ1v) is 8.65. The smallest absolute Gasteiger partial charge is 0.352 e. The van der Waals surface area contributed by atoms with Crippen LogP contribution in [0.25, 0.3) is 22.0 Å². The number of carbonyl (C=O) groups is 1. The summed E-state index contributed by atoms with van der Waals surface area (Å²) in [5.74, 6) is -1.27. The lowest BCUT2D eigenvalue weighted by Gasteiger charge is -2.06. The van der Waals surface area contributed by atoms with Crippen molar-refractivity contribution in [3.63, 3.8) is 0 Å². The molecule has 0 amide bonds. The molecule has 0 radical (unpaired) electrons. The van der Waals surface area contributed by atoms with E-state index in [1.807, 2.05) is 0 Å². The number of pyridine rings is 1. The fourth-order valence-corrected chi connectivity index (χ4v) is 4.82. The zero-order valence-corrected chi connectivity index (χ0v) is 13.4. The maximum absolute atomic E-state index is 12.7. The van der Waals surface area contributed by atoms with Crippen molar-refractivity contribution >= 4 is 38.3 Å². The Hall–Kier alpha value is -2.64. The second-order valence-corrected chi connectivity index (χ2v) is 7.68. The van der Waals surface area contributed by atoms with Gasteiger partial charge in [0.25, 0.3) is 0 Å². The molecule has 4 rings (SSSR count). The molecule has 1 aliphatic heterocycles. The number of aromatic carboxylic acids is 1. The molecule has 1 aliphatic rings. The van der Waals surface area contributed by atoms with E-state index in [2.05, 4.69) is 4.98 Å². The summed E-state index contributed by atoms with van der Waals surface area (Å²) in [5.41, 5.74) is 0.0159. The van der Waals surface area contributed by atoms with Crippen LogP contribution < -0.4 is 5.43 Å². The summed E-state index contributed by atoms with van der Waals surface area (Å²) >= 11 is 5.98. The number of hydrogen-bond donors (Lipinski definition) is 2. The largest absolute Gasteiger partial charge is 0.477 e. The van der Waals surface area contributed by atoms with Crippen molar-refractivity contribution in [1.82, 2.24) is 4.98 Å². The number of carboxylic acids is 1. The number of halogens is 1. The maximum Gasteiger partial charge on any atom is 0.352 e. The first-order valence-electron chi connectivity index (χ1n) is 6.79. The van der Waals surface area contributed by atoms with Gasteiger partial charge in [-0.1, -0.05) is 11.6 Å². The van der Waals surface area contributed by atoms with Gasteiger partial charge in [-0.15, -0.1) is 0 Å². The number of H-pyrrole nitrogens is 1. The zero-order chi connectivity index (χ0) is 17.2. The molecule has 8 heteroatoms. The van der Waals surface area contributed by atoms with Gasteiger partial charge in [-0.3, -0.25) is 4.79 Å². The summed E-state index contributed by atoms with van der Waals surface area (Å²) in [7, 11) is -3.74. The number of hydrogen-bond acceptors (Lipinski definition) is 4. The van der Waals surface area contributed by atoms with Gasteiger partial charge >= 0.3 is 5.97 Å². The van der Waals surface area contributed by atoms with Crippen molar-refractivity contribution in [3.05, 3.63) is 57.3 Å². The highest BCUT2D eigenvalue weighted by atomic mass is 35.5. The molecule has 0 bridgehead atoms. The highest BCUT2D eigenvalue weighted by molar-refractivity contribution is 7.92. The number of fused-ring (bicyclic) bond motifs is 5. The number of sulfone groups is 1. The molecule has 0 aliphatic carbocycles. The summed E-state index contributed by atoms with van der Waals surface area (Å²) in [4.78, 5) is 26.3. The fraction of sp³-hybridized carbons (Fsp3) is 0. The van der Waals surface area contributed by atoms with Gasteiger partial charge in [-0.2, -0.15) is 0 Å². The third kappa shape index (κ3) is 1.85. The molecule has 3 aromatic rings. The van der Waals surface area contributed by atoms with E-state index in [-0.39, 0.29) is 32.0 Å². The maximum atomic E-state index is 12.7. The minimum atomic E-state index is -3.74. The Balaban J connectivity index is 2.23. The number of aromatic amines is 1. The van der Waals surface area contributed by atoms with Gasteiger partial charge in [-0.05, 0) is 30.3 Å². The number of benzene rings is 2. The monoisotopic (exact) mass is 361 g/mol. The van der Waals surface area contributed by atoms with Gasteiger partial charge in [0.05, 0.1) is 20.7 Å². The quantitative estimate of drug-likeness (QED) is 0.542. The van der Waals surface area contributed by atoms with Crippen LogP contribution in [0.1, 0.15) is 10.5 Å². The number of rotatable bonds is 1. The topological polar surface area (TPSA) is 104 Å². The van der Waals surface area contributed by atoms with Crippen LogP contribution in [0.5, 0.6) is 0 Å². The van der Waals surface area contributed by atoms with Crippen LogP contribution in [-0.2, 0) is 9.84 Å². The summed E-state index contributed by atoms with van der Waals surface area (Å²) in [6, 6.07) is 8.07. The molecule has 6 nitrogen and oxygen atoms in total. The standard InChI is InChI=1S/C16H8ClNO5S/c17-7-1-3-12-8(5-7)14-13(24(12,22)23)4-2-9-15(14)11(19)6-10(18-9)16(20)21/h1-6H,(H,18,19)(H,20,21). The van der Waals surface area contributed by atoms with Gasteiger partial charge in [-0.25, -0.2) is 13.2 Å². The third-order valence-corrected chi connectivity index (χ3v) is 6.07. The highest BCUT2D eigenvalue weighted by Crippen LogP contribution is 2.46. The van der Waals surface area contributed by atoms with E-state index >= 15 is 0 Å². The van der Waals surface area contributed by atoms with Gasteiger partial charge in [0.1, 0.15) is 5.69 Å². The average molecular weight is 362 g/mol. The van der Waals surface area contributed by atoms with E-state index in [1.54, 1.807) is 0 Å². The molecule has 0 saturated carbocycles. The van der Waals surface area contributed by atoms with Crippen LogP contribution in [0.4, 0.5) is 0 Å². The van der Waals surface area contributed by atoms with Gasteiger partial charge in [0.2, 0.25) is 9.84 Å². The minimum absolute atomic E-state index is 0.0147. The average Bonchev–Trinajstić information content (AvgIpc) is 2.74. The molecule has 0 atom stereocenters. The van der Waals surface area contributed by atoms with Crippen molar-refractivity contribution in [2.75, 3.05) is 0 Å². The van der Waals surface area contributed by atoms with E-state index in [0.717, 1.165) is 6.07 Å². The zero-order valence-electron chi connectivity index (χ0n) is 11.8. The molecule has 120 valence electrons. The van der Waals surface area contributed by atoms with Crippen molar-refractivity contribution in [2.24, 2.45) is 0 Å². The lowest BCUT2D eigenvalue weighted by molar-refractivity contribution is 0.0691. The van der Waals surface area contributed by atoms with E-state index < -0.39 is 21.2 Å². The molecule has 0 saturated heterocycles. The summed E-state index contributed by atoms with van der Waals surface area (Å²) < 4.78 is 25.3. The highest BCUT2D eigenvalue weighted by Gasteiger charge is 2.35. The van der Waals surface area contributed by atoms with Gasteiger partial charge in [0.15, 0.2) is 5.43 Å². The third-order valence-electron chi connectivity index (χ3n) is 3.98. The Morgan fingerprint density at radius 1 is 1.08 bits per heavy atom. The predicted octanol–water partition coefficient (Wildman–Crippen LogP) is 2.69. The van der Waals surface area contributed by atoms with Gasteiger partial charge in [0, 0.05) is 22.2 Å². The summed E-state index contributed by atoms with van der Waals surface area (Å²) in [6.07, 6.45) is 0. The predicted molar refractivity (Wildman–Crippen MR) is 87.4 cm³/mol. The first kappa shape index (κ1) is 14.9. The van der Waals surface area contributed by atoms with Gasteiger partial charge < -0.3 is 10.1 Å². The van der Waals surface area contributed by atoms with Crippen molar-refractivity contribution in [2.45, 2.75) is 9.79 Å². The molecule has 2 heterocycles. The summed E-state index contributed by atoms with van der Waals surface area (Å²) in [5, 5.41) is 9.52. The number of aromatic nitrogens is 1. The molecule has 0 spiro atoms. The molecule has 2 aromatic carbocycles. The molecular weight excluding hydrogens is 354 g/mol.